The van der Waals surface area contributed by atoms with Gasteiger partial charge in [-0.15, -0.1) is 0 Å². The number of hydrogen-bond donors (Lipinski definition) is 1. The molecule has 3 nitrogen and oxygen atoms in total. The van der Waals surface area contributed by atoms with Crippen molar-refractivity contribution < 1.29 is 22.6 Å². The zero-order chi connectivity index (χ0) is 16.7. The van der Waals surface area contributed by atoms with Gasteiger partial charge in [0.1, 0.15) is 6.10 Å². The van der Waals surface area contributed by atoms with Crippen LogP contribution in [0.1, 0.15) is 44.1 Å². The summed E-state index contributed by atoms with van der Waals surface area (Å²) in [6.07, 6.45) is 1.97. The molecule has 4 rings (SSSR count). The molecule has 132 valence electrons. The van der Waals surface area contributed by atoms with E-state index >= 15 is 0 Å². The maximum atomic E-state index is 13.0. The van der Waals surface area contributed by atoms with Gasteiger partial charge in [-0.2, -0.15) is 13.2 Å². The molecule has 2 saturated heterocycles. The Morgan fingerprint density at radius 3 is 2.33 bits per heavy atom. The molecule has 1 aliphatic carbocycles. The molecular weight excluding hydrogens is 319 g/mol. The maximum Gasteiger partial charge on any atom is 0.416 e. The van der Waals surface area contributed by atoms with Gasteiger partial charge in [0.25, 0.3) is 0 Å². The molecule has 0 spiro atoms. The van der Waals surface area contributed by atoms with Crippen molar-refractivity contribution in [3.63, 3.8) is 0 Å². The average molecular weight is 341 g/mol. The molecular formula is C18H22F3NO2. The Hall–Kier alpha value is -1.43. The van der Waals surface area contributed by atoms with Crippen molar-refractivity contribution in [2.45, 2.75) is 62.9 Å². The first-order chi connectivity index (χ1) is 11.5. The van der Waals surface area contributed by atoms with Crippen molar-refractivity contribution in [1.29, 1.82) is 0 Å². The fraction of sp³-hybridized carbons (Fsp3) is 0.667. The molecule has 2 aliphatic heterocycles. The van der Waals surface area contributed by atoms with E-state index < -0.39 is 11.7 Å². The molecule has 1 aromatic rings. The summed E-state index contributed by atoms with van der Waals surface area (Å²) in [4.78, 5) is 0. The molecule has 6 heteroatoms. The third kappa shape index (κ3) is 3.63. The van der Waals surface area contributed by atoms with E-state index in [1.165, 1.54) is 6.07 Å². The number of piperidine rings is 1. The van der Waals surface area contributed by atoms with Gasteiger partial charge in [0.2, 0.25) is 0 Å². The number of halogens is 3. The minimum atomic E-state index is -4.37. The van der Waals surface area contributed by atoms with Gasteiger partial charge in [0.05, 0.1) is 12.2 Å². The lowest BCUT2D eigenvalue weighted by molar-refractivity contribution is -0.137. The number of rotatable bonds is 5. The number of benzene rings is 1. The van der Waals surface area contributed by atoms with Gasteiger partial charge in [-0.1, -0.05) is 0 Å². The van der Waals surface area contributed by atoms with Gasteiger partial charge in [-0.25, -0.2) is 0 Å². The van der Waals surface area contributed by atoms with Crippen LogP contribution in [-0.4, -0.2) is 24.8 Å². The largest absolute Gasteiger partial charge is 0.489 e. The molecule has 3 aliphatic rings. The zero-order valence-corrected chi connectivity index (χ0v) is 13.4. The van der Waals surface area contributed by atoms with Crippen LogP contribution in [0.3, 0.4) is 0 Å². The summed E-state index contributed by atoms with van der Waals surface area (Å²) < 4.78 is 50.6. The molecule has 0 aromatic heterocycles. The lowest BCUT2D eigenvalue weighted by Gasteiger charge is -2.30. The second kappa shape index (κ2) is 6.14. The third-order valence-electron chi connectivity index (χ3n) is 5.17. The van der Waals surface area contributed by atoms with Crippen LogP contribution in [0.2, 0.25) is 0 Å². The highest BCUT2D eigenvalue weighted by molar-refractivity contribution is 5.44. The average Bonchev–Trinajstić information content (AvgIpc) is 3.29. The Kier molecular flexibility index (Phi) is 4.11. The van der Waals surface area contributed by atoms with Crippen molar-refractivity contribution in [2.75, 3.05) is 6.61 Å². The number of alkyl halides is 3. The van der Waals surface area contributed by atoms with E-state index in [1.54, 1.807) is 0 Å². The molecule has 2 heterocycles. The van der Waals surface area contributed by atoms with Gasteiger partial charge in [0, 0.05) is 12.1 Å². The molecule has 24 heavy (non-hydrogen) atoms. The smallest absolute Gasteiger partial charge is 0.416 e. The van der Waals surface area contributed by atoms with Crippen molar-refractivity contribution in [3.05, 3.63) is 23.8 Å². The first-order valence-corrected chi connectivity index (χ1v) is 8.74. The first-order valence-electron chi connectivity index (χ1n) is 8.74. The lowest BCUT2D eigenvalue weighted by atomic mass is 10.0. The van der Waals surface area contributed by atoms with E-state index in [4.69, 9.17) is 9.47 Å². The minimum absolute atomic E-state index is 0.0451. The maximum absolute atomic E-state index is 13.0. The molecule has 1 N–H and O–H groups in total. The summed E-state index contributed by atoms with van der Waals surface area (Å²) in [6, 6.07) is 4.51. The molecule has 0 amide bonds. The van der Waals surface area contributed by atoms with Crippen molar-refractivity contribution in [1.82, 2.24) is 5.32 Å². The van der Waals surface area contributed by atoms with Gasteiger partial charge >= 0.3 is 6.18 Å². The fourth-order valence-electron chi connectivity index (χ4n) is 3.67. The summed E-state index contributed by atoms with van der Waals surface area (Å²) in [6.45, 7) is 0.467. The summed E-state index contributed by atoms with van der Waals surface area (Å²) in [5.41, 5.74) is -0.689. The molecule has 0 radical (unpaired) electrons. The van der Waals surface area contributed by atoms with E-state index in [0.29, 0.717) is 30.4 Å². The molecule has 2 bridgehead atoms. The zero-order valence-electron chi connectivity index (χ0n) is 13.4. The van der Waals surface area contributed by atoms with Crippen molar-refractivity contribution >= 4 is 0 Å². The lowest BCUT2D eigenvalue weighted by Crippen LogP contribution is -2.42. The van der Waals surface area contributed by atoms with Crippen LogP contribution in [0.15, 0.2) is 18.2 Å². The van der Waals surface area contributed by atoms with Gasteiger partial charge in [-0.3, -0.25) is 0 Å². The van der Waals surface area contributed by atoms with Crippen LogP contribution < -0.4 is 14.8 Å². The number of ether oxygens (including phenoxy) is 2. The minimum Gasteiger partial charge on any atom is -0.489 e. The molecule has 1 unspecified atom stereocenters. The molecule has 1 aromatic carbocycles. The summed E-state index contributed by atoms with van der Waals surface area (Å²) in [5, 5.41) is 3.54. The summed E-state index contributed by atoms with van der Waals surface area (Å²) >= 11 is 0. The Balaban J connectivity index is 1.51. The van der Waals surface area contributed by atoms with Crippen LogP contribution in [0.25, 0.3) is 0 Å². The van der Waals surface area contributed by atoms with Crippen molar-refractivity contribution in [3.8, 4) is 11.5 Å². The second-order valence-electron chi connectivity index (χ2n) is 7.26. The Labute approximate surface area is 139 Å². The van der Waals surface area contributed by atoms with Crippen LogP contribution in [-0.2, 0) is 6.18 Å². The topological polar surface area (TPSA) is 30.5 Å². The fourth-order valence-corrected chi connectivity index (χ4v) is 3.67. The monoisotopic (exact) mass is 341 g/mol. The predicted octanol–water partition coefficient (Wildman–Crippen LogP) is 4.16. The molecule has 3 atom stereocenters. The number of nitrogens with one attached hydrogen (secondary N) is 1. The Bertz CT molecular complexity index is 588. The quantitative estimate of drug-likeness (QED) is 0.872. The molecule has 1 saturated carbocycles. The second-order valence-corrected chi connectivity index (χ2v) is 7.26. The Morgan fingerprint density at radius 1 is 1.00 bits per heavy atom. The predicted molar refractivity (Wildman–Crippen MR) is 83.3 cm³/mol. The Morgan fingerprint density at radius 2 is 1.71 bits per heavy atom. The standard InChI is InChI=1S/C18H22F3NO2/c19-18(20,21)12-3-6-16(17(7-12)23-10-11-1-2-11)24-15-8-13-4-5-14(9-15)22-13/h3,6-7,11,13-15,22H,1-2,4-5,8-10H2/t13-,14+,15?. The van der Waals surface area contributed by atoms with E-state index in [-0.39, 0.29) is 11.9 Å². The summed E-state index contributed by atoms with van der Waals surface area (Å²) in [7, 11) is 0. The van der Waals surface area contributed by atoms with Gasteiger partial charge in [-0.05, 0) is 62.6 Å². The molecule has 3 fully saturated rings. The van der Waals surface area contributed by atoms with Crippen LogP contribution >= 0.6 is 0 Å². The highest BCUT2D eigenvalue weighted by Gasteiger charge is 2.36. The van der Waals surface area contributed by atoms with Crippen LogP contribution in [0.4, 0.5) is 13.2 Å². The SMILES string of the molecule is FC(F)(F)c1ccc(OC2C[C@H]3CC[C@@H](C2)N3)c(OCC2CC2)c1. The number of fused-ring (bicyclic) bond motifs is 2. The van der Waals surface area contributed by atoms with E-state index in [1.807, 2.05) is 0 Å². The highest BCUT2D eigenvalue weighted by Crippen LogP contribution is 2.39. The van der Waals surface area contributed by atoms with Crippen LogP contribution in [0, 0.1) is 5.92 Å². The van der Waals surface area contributed by atoms with E-state index in [2.05, 4.69) is 5.32 Å². The van der Waals surface area contributed by atoms with Gasteiger partial charge < -0.3 is 14.8 Å². The van der Waals surface area contributed by atoms with Gasteiger partial charge in [0.15, 0.2) is 11.5 Å². The first kappa shape index (κ1) is 16.1. The van der Waals surface area contributed by atoms with Crippen LogP contribution in [0.5, 0.6) is 11.5 Å². The number of hydrogen-bond acceptors (Lipinski definition) is 3. The summed E-state index contributed by atoms with van der Waals surface area (Å²) in [5.74, 6) is 1.14. The third-order valence-corrected chi connectivity index (χ3v) is 5.17. The van der Waals surface area contributed by atoms with Crippen molar-refractivity contribution in [2.24, 2.45) is 5.92 Å². The van der Waals surface area contributed by atoms with E-state index in [0.717, 1.165) is 50.7 Å². The normalized spacial score (nSPS) is 29.5. The van der Waals surface area contributed by atoms with E-state index in [9.17, 15) is 13.2 Å². The highest BCUT2D eigenvalue weighted by atomic mass is 19.4.